The molecule has 0 spiro atoms. The highest BCUT2D eigenvalue weighted by Gasteiger charge is 2.15. The SMILES string of the molecule is Cc1cc(Br)c2c(c1N)CCNC2. The molecule has 1 aromatic rings. The summed E-state index contributed by atoms with van der Waals surface area (Å²) >= 11 is 3.57. The number of hydrogen-bond acceptors (Lipinski definition) is 2. The number of halogens is 1. The minimum absolute atomic E-state index is 0.931. The second kappa shape index (κ2) is 3.31. The van der Waals surface area contributed by atoms with Crippen molar-refractivity contribution < 1.29 is 0 Å². The van der Waals surface area contributed by atoms with E-state index in [4.69, 9.17) is 5.73 Å². The van der Waals surface area contributed by atoms with Gasteiger partial charge in [-0.05, 0) is 42.6 Å². The number of aryl methyl sites for hydroxylation is 1. The standard InChI is InChI=1S/C10H13BrN2/c1-6-4-9(11)8-5-13-3-2-7(8)10(6)12/h4,13H,2-3,5,12H2,1H3. The highest BCUT2D eigenvalue weighted by Crippen LogP contribution is 2.30. The lowest BCUT2D eigenvalue weighted by atomic mass is 9.96. The molecule has 2 nitrogen and oxygen atoms in total. The average molecular weight is 241 g/mol. The molecule has 3 N–H and O–H groups in total. The number of benzene rings is 1. The lowest BCUT2D eigenvalue weighted by molar-refractivity contribution is 0.642. The van der Waals surface area contributed by atoms with Gasteiger partial charge in [-0.2, -0.15) is 0 Å². The molecule has 0 aromatic heterocycles. The summed E-state index contributed by atoms with van der Waals surface area (Å²) in [4.78, 5) is 0. The average Bonchev–Trinajstić information content (AvgIpc) is 2.15. The van der Waals surface area contributed by atoms with E-state index in [1.165, 1.54) is 21.2 Å². The minimum atomic E-state index is 0.931. The van der Waals surface area contributed by atoms with Crippen molar-refractivity contribution in [3.63, 3.8) is 0 Å². The smallest absolute Gasteiger partial charge is 0.0380 e. The molecule has 0 fully saturated rings. The Morgan fingerprint density at radius 1 is 1.46 bits per heavy atom. The van der Waals surface area contributed by atoms with Crippen molar-refractivity contribution in [2.24, 2.45) is 0 Å². The molecular weight excluding hydrogens is 228 g/mol. The minimum Gasteiger partial charge on any atom is -0.398 e. The van der Waals surface area contributed by atoms with Gasteiger partial charge in [0.05, 0.1) is 0 Å². The maximum Gasteiger partial charge on any atom is 0.0380 e. The Hall–Kier alpha value is -0.540. The van der Waals surface area contributed by atoms with E-state index >= 15 is 0 Å². The molecular formula is C10H13BrN2. The van der Waals surface area contributed by atoms with Crippen LogP contribution in [0.5, 0.6) is 0 Å². The fourth-order valence-corrected chi connectivity index (χ4v) is 2.53. The largest absolute Gasteiger partial charge is 0.398 e. The molecule has 1 aromatic carbocycles. The maximum absolute atomic E-state index is 6.02. The van der Waals surface area contributed by atoms with Gasteiger partial charge in [0.25, 0.3) is 0 Å². The summed E-state index contributed by atoms with van der Waals surface area (Å²) in [5, 5.41) is 3.34. The topological polar surface area (TPSA) is 38.0 Å². The summed E-state index contributed by atoms with van der Waals surface area (Å²) in [5.41, 5.74) is 10.8. The molecule has 13 heavy (non-hydrogen) atoms. The molecule has 0 unspecified atom stereocenters. The quantitative estimate of drug-likeness (QED) is 0.681. The van der Waals surface area contributed by atoms with Crippen LogP contribution in [0.2, 0.25) is 0 Å². The lowest BCUT2D eigenvalue weighted by Crippen LogP contribution is -2.25. The van der Waals surface area contributed by atoms with Gasteiger partial charge < -0.3 is 11.1 Å². The van der Waals surface area contributed by atoms with Crippen molar-refractivity contribution in [2.45, 2.75) is 19.9 Å². The fourth-order valence-electron chi connectivity index (χ4n) is 1.80. The maximum atomic E-state index is 6.02. The summed E-state index contributed by atoms with van der Waals surface area (Å²) < 4.78 is 1.18. The Bertz CT molecular complexity index is 347. The molecule has 0 saturated carbocycles. The molecule has 0 amide bonds. The Labute approximate surface area is 86.6 Å². The van der Waals surface area contributed by atoms with E-state index in [1.54, 1.807) is 0 Å². The van der Waals surface area contributed by atoms with Crippen LogP contribution in [0, 0.1) is 6.92 Å². The molecule has 1 aliphatic heterocycles. The summed E-state index contributed by atoms with van der Waals surface area (Å²) in [6.07, 6.45) is 1.04. The van der Waals surface area contributed by atoms with Crippen LogP contribution in [0.1, 0.15) is 16.7 Å². The number of fused-ring (bicyclic) bond motifs is 1. The second-order valence-corrected chi connectivity index (χ2v) is 4.33. The number of nitrogens with two attached hydrogens (primary N) is 1. The molecule has 1 heterocycles. The number of hydrogen-bond donors (Lipinski definition) is 2. The first-order valence-electron chi connectivity index (χ1n) is 4.47. The Morgan fingerprint density at radius 2 is 2.23 bits per heavy atom. The van der Waals surface area contributed by atoms with E-state index < -0.39 is 0 Å². The van der Waals surface area contributed by atoms with Crippen LogP contribution in [-0.2, 0) is 13.0 Å². The van der Waals surface area contributed by atoms with Gasteiger partial charge in [0.2, 0.25) is 0 Å². The normalized spacial score (nSPS) is 15.5. The third-order valence-corrected chi connectivity index (χ3v) is 3.31. The molecule has 0 atom stereocenters. The highest BCUT2D eigenvalue weighted by atomic mass is 79.9. The molecule has 70 valence electrons. The van der Waals surface area contributed by atoms with E-state index in [1.807, 2.05) is 0 Å². The summed E-state index contributed by atoms with van der Waals surface area (Å²) in [5.74, 6) is 0. The zero-order valence-corrected chi connectivity index (χ0v) is 9.24. The third-order valence-electron chi connectivity index (χ3n) is 2.60. The van der Waals surface area contributed by atoms with Crippen LogP contribution in [-0.4, -0.2) is 6.54 Å². The van der Waals surface area contributed by atoms with Gasteiger partial charge in [0.1, 0.15) is 0 Å². The zero-order valence-electron chi connectivity index (χ0n) is 7.65. The zero-order chi connectivity index (χ0) is 9.42. The van der Waals surface area contributed by atoms with Crippen molar-refractivity contribution in [2.75, 3.05) is 12.3 Å². The first kappa shape index (κ1) is 9.03. The van der Waals surface area contributed by atoms with Crippen LogP contribution in [0.3, 0.4) is 0 Å². The van der Waals surface area contributed by atoms with Crippen LogP contribution >= 0.6 is 15.9 Å². The van der Waals surface area contributed by atoms with E-state index in [2.05, 4.69) is 34.2 Å². The molecule has 0 saturated heterocycles. The van der Waals surface area contributed by atoms with E-state index in [-0.39, 0.29) is 0 Å². The van der Waals surface area contributed by atoms with Gasteiger partial charge in [-0.1, -0.05) is 15.9 Å². The third kappa shape index (κ3) is 1.46. The van der Waals surface area contributed by atoms with Crippen LogP contribution in [0.4, 0.5) is 5.69 Å². The predicted molar refractivity (Wildman–Crippen MR) is 58.7 cm³/mol. The van der Waals surface area contributed by atoms with Crippen molar-refractivity contribution in [3.05, 3.63) is 27.2 Å². The number of nitrogens with one attached hydrogen (secondary N) is 1. The van der Waals surface area contributed by atoms with E-state index in [0.717, 1.165) is 25.2 Å². The van der Waals surface area contributed by atoms with Crippen molar-refractivity contribution in [3.8, 4) is 0 Å². The predicted octanol–water partition coefficient (Wildman–Crippen LogP) is 1.99. The molecule has 3 heteroatoms. The van der Waals surface area contributed by atoms with Crippen LogP contribution in [0.25, 0.3) is 0 Å². The van der Waals surface area contributed by atoms with Gasteiger partial charge in [0, 0.05) is 16.7 Å². The first-order chi connectivity index (χ1) is 6.20. The van der Waals surface area contributed by atoms with Gasteiger partial charge in [-0.25, -0.2) is 0 Å². The molecule has 0 radical (unpaired) electrons. The molecule has 0 aliphatic carbocycles. The second-order valence-electron chi connectivity index (χ2n) is 3.47. The summed E-state index contributed by atoms with van der Waals surface area (Å²) in [6, 6.07) is 2.10. The Balaban J connectivity index is 2.63. The molecule has 0 bridgehead atoms. The monoisotopic (exact) mass is 240 g/mol. The van der Waals surface area contributed by atoms with Gasteiger partial charge in [-0.3, -0.25) is 0 Å². The summed E-state index contributed by atoms with van der Waals surface area (Å²) in [6.45, 7) is 4.02. The van der Waals surface area contributed by atoms with Crippen molar-refractivity contribution >= 4 is 21.6 Å². The molecule has 2 rings (SSSR count). The van der Waals surface area contributed by atoms with Crippen LogP contribution < -0.4 is 11.1 Å². The van der Waals surface area contributed by atoms with E-state index in [9.17, 15) is 0 Å². The lowest BCUT2D eigenvalue weighted by Gasteiger charge is -2.21. The number of nitrogen functional groups attached to an aromatic ring is 1. The Kier molecular flexibility index (Phi) is 2.30. The van der Waals surface area contributed by atoms with Crippen LogP contribution in [0.15, 0.2) is 10.5 Å². The number of anilines is 1. The van der Waals surface area contributed by atoms with Gasteiger partial charge in [-0.15, -0.1) is 0 Å². The van der Waals surface area contributed by atoms with E-state index in [0.29, 0.717) is 0 Å². The Morgan fingerprint density at radius 3 is 3.00 bits per heavy atom. The fraction of sp³-hybridized carbons (Fsp3) is 0.400. The highest BCUT2D eigenvalue weighted by molar-refractivity contribution is 9.10. The number of rotatable bonds is 0. The van der Waals surface area contributed by atoms with Crippen molar-refractivity contribution in [1.82, 2.24) is 5.32 Å². The van der Waals surface area contributed by atoms with Gasteiger partial charge in [0.15, 0.2) is 0 Å². The van der Waals surface area contributed by atoms with Gasteiger partial charge >= 0.3 is 0 Å². The molecule has 1 aliphatic rings. The van der Waals surface area contributed by atoms with Crippen molar-refractivity contribution in [1.29, 1.82) is 0 Å². The first-order valence-corrected chi connectivity index (χ1v) is 5.26. The summed E-state index contributed by atoms with van der Waals surface area (Å²) in [7, 11) is 0.